The van der Waals surface area contributed by atoms with E-state index in [4.69, 9.17) is 11.6 Å². The molecule has 1 fully saturated rings. The lowest BCUT2D eigenvalue weighted by molar-refractivity contribution is 0.0915. The standard InChI is InChI=1S/C19H20ClN3O3S/c1-19(8-9-27(25,26)11-19)21-18(24)12-6-7-14-16(10-12)22-23-17(14)13-4-2-3-5-15(13)20/h2-7,10,25-26H,8-9,11H2,1H3,(H,21,24)(H,22,23). The van der Waals surface area contributed by atoms with E-state index in [1.165, 1.54) is 0 Å². The molecule has 8 heteroatoms. The molecule has 27 heavy (non-hydrogen) atoms. The molecule has 2 heterocycles. The number of amides is 1. The zero-order valence-electron chi connectivity index (χ0n) is 14.7. The van der Waals surface area contributed by atoms with Gasteiger partial charge in [0.15, 0.2) is 0 Å². The molecule has 1 saturated heterocycles. The number of rotatable bonds is 3. The Labute approximate surface area is 163 Å². The minimum Gasteiger partial charge on any atom is -0.345 e. The summed E-state index contributed by atoms with van der Waals surface area (Å²) in [5, 5.41) is 11.8. The highest BCUT2D eigenvalue weighted by Crippen LogP contribution is 2.49. The van der Waals surface area contributed by atoms with Crippen LogP contribution in [0.15, 0.2) is 42.5 Å². The highest BCUT2D eigenvalue weighted by molar-refractivity contribution is 8.24. The molecule has 1 amide bonds. The van der Waals surface area contributed by atoms with Crippen LogP contribution >= 0.6 is 22.2 Å². The number of nitrogens with zero attached hydrogens (tertiary/aromatic N) is 1. The van der Waals surface area contributed by atoms with E-state index < -0.39 is 16.1 Å². The molecule has 142 valence electrons. The van der Waals surface area contributed by atoms with Gasteiger partial charge in [0.1, 0.15) is 5.69 Å². The molecule has 0 radical (unpaired) electrons. The van der Waals surface area contributed by atoms with Crippen molar-refractivity contribution in [1.82, 2.24) is 15.5 Å². The summed E-state index contributed by atoms with van der Waals surface area (Å²) >= 11 is 6.27. The molecule has 0 spiro atoms. The first-order valence-corrected chi connectivity index (χ1v) is 10.8. The van der Waals surface area contributed by atoms with E-state index in [1.807, 2.05) is 37.3 Å². The number of carbonyl (C=O) groups is 1. The Morgan fingerprint density at radius 3 is 2.78 bits per heavy atom. The van der Waals surface area contributed by atoms with Gasteiger partial charge in [-0.3, -0.25) is 19.0 Å². The van der Waals surface area contributed by atoms with Crippen molar-refractivity contribution in [2.45, 2.75) is 18.9 Å². The summed E-state index contributed by atoms with van der Waals surface area (Å²) in [6.07, 6.45) is 0.546. The smallest absolute Gasteiger partial charge is 0.251 e. The molecular formula is C19H20ClN3O3S. The molecule has 2 aromatic carbocycles. The Kier molecular flexibility index (Phi) is 4.43. The van der Waals surface area contributed by atoms with Gasteiger partial charge in [-0.25, -0.2) is 0 Å². The van der Waals surface area contributed by atoms with E-state index in [1.54, 1.807) is 12.1 Å². The van der Waals surface area contributed by atoms with Gasteiger partial charge in [0.25, 0.3) is 5.91 Å². The maximum atomic E-state index is 12.7. The summed E-state index contributed by atoms with van der Waals surface area (Å²) in [7, 11) is -2.59. The lowest BCUT2D eigenvalue weighted by Crippen LogP contribution is -2.46. The molecular weight excluding hydrogens is 386 g/mol. The van der Waals surface area contributed by atoms with Crippen LogP contribution in [0.3, 0.4) is 0 Å². The number of aromatic amines is 1. The van der Waals surface area contributed by atoms with Gasteiger partial charge in [-0.05, 0) is 37.6 Å². The lowest BCUT2D eigenvalue weighted by Gasteiger charge is -2.30. The van der Waals surface area contributed by atoms with Gasteiger partial charge < -0.3 is 5.32 Å². The van der Waals surface area contributed by atoms with Crippen LogP contribution in [-0.4, -0.2) is 42.3 Å². The summed E-state index contributed by atoms with van der Waals surface area (Å²) < 4.78 is 19.7. The Morgan fingerprint density at radius 2 is 2.07 bits per heavy atom. The quantitative estimate of drug-likeness (QED) is 0.514. The monoisotopic (exact) mass is 405 g/mol. The zero-order valence-corrected chi connectivity index (χ0v) is 16.3. The van der Waals surface area contributed by atoms with Crippen LogP contribution in [0.5, 0.6) is 0 Å². The normalized spacial score (nSPS) is 22.7. The third-order valence-electron chi connectivity index (χ3n) is 4.90. The van der Waals surface area contributed by atoms with E-state index in [2.05, 4.69) is 15.5 Å². The van der Waals surface area contributed by atoms with Crippen molar-refractivity contribution in [2.24, 2.45) is 0 Å². The third kappa shape index (κ3) is 3.55. The second kappa shape index (κ2) is 6.53. The van der Waals surface area contributed by atoms with Gasteiger partial charge >= 0.3 is 0 Å². The number of hydrogen-bond acceptors (Lipinski definition) is 4. The minimum atomic E-state index is -2.59. The second-order valence-corrected chi connectivity index (χ2v) is 9.94. The number of aromatic nitrogens is 2. The SMILES string of the molecule is CC1(NC(=O)c2ccc3c(-c4ccccc4Cl)n[nH]c3c2)CCS(O)(O)C1. The predicted octanol–water partition coefficient (Wildman–Crippen LogP) is 4.53. The van der Waals surface area contributed by atoms with E-state index in [0.29, 0.717) is 22.8 Å². The number of fused-ring (bicyclic) bond motifs is 1. The summed E-state index contributed by atoms with van der Waals surface area (Å²) in [4.78, 5) is 12.7. The van der Waals surface area contributed by atoms with Crippen molar-refractivity contribution in [3.8, 4) is 11.3 Å². The van der Waals surface area contributed by atoms with E-state index in [9.17, 15) is 13.9 Å². The van der Waals surface area contributed by atoms with E-state index in [-0.39, 0.29) is 11.7 Å². The average Bonchev–Trinajstić information content (AvgIpc) is 3.15. The van der Waals surface area contributed by atoms with E-state index in [0.717, 1.165) is 22.2 Å². The van der Waals surface area contributed by atoms with Gasteiger partial charge in [-0.2, -0.15) is 15.7 Å². The van der Waals surface area contributed by atoms with Gasteiger partial charge in [-0.15, -0.1) is 0 Å². The summed E-state index contributed by atoms with van der Waals surface area (Å²) in [6, 6.07) is 12.8. The summed E-state index contributed by atoms with van der Waals surface area (Å²) in [5.41, 5.74) is 2.17. The molecule has 1 aliphatic rings. The first-order chi connectivity index (χ1) is 12.8. The highest BCUT2D eigenvalue weighted by atomic mass is 35.5. The Morgan fingerprint density at radius 1 is 1.30 bits per heavy atom. The molecule has 0 aliphatic carbocycles. The second-order valence-electron chi connectivity index (χ2n) is 7.23. The van der Waals surface area contributed by atoms with Gasteiger partial charge in [0.2, 0.25) is 0 Å². The topological polar surface area (TPSA) is 98.2 Å². The predicted molar refractivity (Wildman–Crippen MR) is 110 cm³/mol. The Hall–Kier alpha value is -2.06. The number of H-pyrrole nitrogens is 1. The number of halogens is 1. The molecule has 1 unspecified atom stereocenters. The fraction of sp³-hybridized carbons (Fsp3) is 0.263. The van der Waals surface area contributed by atoms with Crippen LogP contribution < -0.4 is 5.32 Å². The molecule has 6 nitrogen and oxygen atoms in total. The summed E-state index contributed by atoms with van der Waals surface area (Å²) in [5.74, 6) is 0.268. The maximum absolute atomic E-state index is 12.7. The fourth-order valence-corrected chi connectivity index (χ4v) is 5.89. The van der Waals surface area contributed by atoms with Gasteiger partial charge in [0, 0.05) is 22.3 Å². The van der Waals surface area contributed by atoms with Crippen molar-refractivity contribution < 1.29 is 13.9 Å². The molecule has 1 atom stereocenters. The highest BCUT2D eigenvalue weighted by Gasteiger charge is 2.39. The van der Waals surface area contributed by atoms with Crippen molar-refractivity contribution in [1.29, 1.82) is 0 Å². The average molecular weight is 406 g/mol. The first kappa shape index (κ1) is 18.3. The molecule has 1 aromatic heterocycles. The van der Waals surface area contributed by atoms with Crippen LogP contribution in [0.2, 0.25) is 5.02 Å². The molecule has 4 N–H and O–H groups in total. The van der Waals surface area contributed by atoms with Crippen LogP contribution in [0, 0.1) is 0 Å². The number of carbonyl (C=O) groups excluding carboxylic acids is 1. The van der Waals surface area contributed by atoms with Crippen LogP contribution in [-0.2, 0) is 0 Å². The Balaban J connectivity index is 1.61. The van der Waals surface area contributed by atoms with Crippen LogP contribution in [0.1, 0.15) is 23.7 Å². The molecule has 0 saturated carbocycles. The molecule has 4 rings (SSSR count). The minimum absolute atomic E-state index is 0.189. The van der Waals surface area contributed by atoms with E-state index >= 15 is 0 Å². The van der Waals surface area contributed by atoms with Crippen molar-refractivity contribution >= 4 is 39.0 Å². The molecule has 3 aromatic rings. The first-order valence-electron chi connectivity index (χ1n) is 8.56. The summed E-state index contributed by atoms with van der Waals surface area (Å²) in [6.45, 7) is 1.84. The molecule has 1 aliphatic heterocycles. The van der Waals surface area contributed by atoms with Crippen molar-refractivity contribution in [3.05, 3.63) is 53.1 Å². The number of benzene rings is 2. The van der Waals surface area contributed by atoms with Gasteiger partial charge in [0.05, 0.1) is 21.8 Å². The third-order valence-corrected chi connectivity index (χ3v) is 7.19. The molecule has 0 bridgehead atoms. The maximum Gasteiger partial charge on any atom is 0.251 e. The van der Waals surface area contributed by atoms with Crippen molar-refractivity contribution in [2.75, 3.05) is 11.5 Å². The zero-order chi connectivity index (χ0) is 19.2. The lowest BCUT2D eigenvalue weighted by atomic mass is 10.0. The fourth-order valence-electron chi connectivity index (χ4n) is 3.51. The number of nitrogens with one attached hydrogen (secondary N) is 2. The van der Waals surface area contributed by atoms with Gasteiger partial charge in [-0.1, -0.05) is 29.8 Å². The number of hydrogen-bond donors (Lipinski definition) is 4. The van der Waals surface area contributed by atoms with Crippen LogP contribution in [0.4, 0.5) is 0 Å². The largest absolute Gasteiger partial charge is 0.345 e. The van der Waals surface area contributed by atoms with Crippen molar-refractivity contribution in [3.63, 3.8) is 0 Å². The van der Waals surface area contributed by atoms with Crippen LogP contribution in [0.25, 0.3) is 22.2 Å². The Bertz CT molecular complexity index is 1040.